The van der Waals surface area contributed by atoms with Crippen LogP contribution >= 0.6 is 0 Å². The molecule has 1 spiro atoms. The van der Waals surface area contributed by atoms with Crippen LogP contribution in [0.4, 0.5) is 5.69 Å². The van der Waals surface area contributed by atoms with Crippen LogP contribution in [0.2, 0.25) is 0 Å². The number of carbonyl (C=O) groups excluding carboxylic acids is 2. The number of amides is 2. The Morgan fingerprint density at radius 2 is 2.13 bits per heavy atom. The maximum Gasteiger partial charge on any atom is 0.234 e. The van der Waals surface area contributed by atoms with E-state index in [9.17, 15) is 9.59 Å². The number of nitrogens with zero attached hydrogens (tertiary/aromatic N) is 4. The van der Waals surface area contributed by atoms with E-state index in [4.69, 9.17) is 9.84 Å². The molecule has 2 saturated heterocycles. The molecule has 2 fully saturated rings. The van der Waals surface area contributed by atoms with Gasteiger partial charge >= 0.3 is 0 Å². The smallest absolute Gasteiger partial charge is 0.234 e. The largest absolute Gasteiger partial charge is 0.396 e. The number of anilines is 1. The number of aliphatic hydroxyl groups excluding tert-OH is 1. The fourth-order valence-electron chi connectivity index (χ4n) is 5.06. The zero-order valence-electron chi connectivity index (χ0n) is 17.6. The molecule has 0 unspecified atom stereocenters. The average molecular weight is 422 g/mol. The Morgan fingerprint density at radius 3 is 2.81 bits per heavy atom. The van der Waals surface area contributed by atoms with Gasteiger partial charge in [-0.25, -0.2) is 4.98 Å². The van der Waals surface area contributed by atoms with Crippen LogP contribution in [0.3, 0.4) is 0 Å². The van der Waals surface area contributed by atoms with Gasteiger partial charge in [-0.3, -0.25) is 9.59 Å². The second kappa shape index (κ2) is 7.32. The summed E-state index contributed by atoms with van der Waals surface area (Å²) in [5, 5.41) is 9.11. The Bertz CT molecular complexity index is 1050. The number of carbonyl (C=O) groups is 2. The standard InChI is InChI=1S/C23H26N4O4/c1-25-11-10-24-18(25)13-26(2)21(29)19-17-7-9-23(31-17)14-27(22(30)20(19)23)16-5-3-15(4-6-16)8-12-28/h3-7,9-11,17,19-20,28H,8,12-14H2,1-2H3/t17-,19+,20-,23-/m0/s1. The number of aliphatic hydroxyl groups is 1. The van der Waals surface area contributed by atoms with Crippen molar-refractivity contribution in [3.8, 4) is 0 Å². The highest BCUT2D eigenvalue weighted by atomic mass is 16.5. The SMILES string of the molecule is CN(Cc1nccn1C)C(=O)[C@@H]1[C@@H]2C=C[C@@]3(CN(c4ccc(CCO)cc4)C(=O)[C@H]13)O2. The summed E-state index contributed by atoms with van der Waals surface area (Å²) in [7, 11) is 3.64. The predicted octanol–water partition coefficient (Wildman–Crippen LogP) is 0.900. The fourth-order valence-corrected chi connectivity index (χ4v) is 5.06. The molecular formula is C23H26N4O4. The summed E-state index contributed by atoms with van der Waals surface area (Å²) in [6.07, 6.45) is 7.64. The Morgan fingerprint density at radius 1 is 1.35 bits per heavy atom. The van der Waals surface area contributed by atoms with Crippen molar-refractivity contribution in [2.45, 2.75) is 24.7 Å². The Hall–Kier alpha value is -2.97. The summed E-state index contributed by atoms with van der Waals surface area (Å²) in [6.45, 7) is 0.859. The van der Waals surface area contributed by atoms with E-state index in [0.29, 0.717) is 19.5 Å². The number of fused-ring (bicyclic) bond motifs is 1. The summed E-state index contributed by atoms with van der Waals surface area (Å²) in [4.78, 5) is 34.5. The number of hydrogen-bond donors (Lipinski definition) is 1. The van der Waals surface area contributed by atoms with Crippen molar-refractivity contribution in [2.24, 2.45) is 18.9 Å². The molecule has 0 aliphatic carbocycles. The molecule has 5 rings (SSSR count). The maximum atomic E-state index is 13.5. The molecule has 1 aromatic carbocycles. The molecule has 1 N–H and O–H groups in total. The highest BCUT2D eigenvalue weighted by molar-refractivity contribution is 6.03. The third-order valence-electron chi connectivity index (χ3n) is 6.71. The predicted molar refractivity (Wildman–Crippen MR) is 113 cm³/mol. The highest BCUT2D eigenvalue weighted by Crippen LogP contribution is 2.53. The molecule has 0 saturated carbocycles. The Balaban J connectivity index is 1.38. The lowest BCUT2D eigenvalue weighted by molar-refractivity contribution is -0.139. The molecule has 0 radical (unpaired) electrons. The molecule has 2 bridgehead atoms. The van der Waals surface area contributed by atoms with Crippen LogP contribution in [0.15, 0.2) is 48.8 Å². The summed E-state index contributed by atoms with van der Waals surface area (Å²) < 4.78 is 8.12. The number of benzene rings is 1. The van der Waals surface area contributed by atoms with E-state index in [2.05, 4.69) is 4.98 Å². The van der Waals surface area contributed by atoms with E-state index in [-0.39, 0.29) is 24.5 Å². The van der Waals surface area contributed by atoms with Crippen molar-refractivity contribution < 1.29 is 19.4 Å². The van der Waals surface area contributed by atoms with Crippen molar-refractivity contribution in [3.05, 3.63) is 60.2 Å². The Kier molecular flexibility index (Phi) is 4.71. The molecule has 4 atom stereocenters. The number of rotatable bonds is 6. The normalized spacial score (nSPS) is 28.4. The zero-order valence-corrected chi connectivity index (χ0v) is 17.6. The van der Waals surface area contributed by atoms with Crippen LogP contribution in [0.5, 0.6) is 0 Å². The van der Waals surface area contributed by atoms with Gasteiger partial charge in [0.1, 0.15) is 11.4 Å². The first-order valence-electron chi connectivity index (χ1n) is 10.5. The van der Waals surface area contributed by atoms with Gasteiger partial charge in [0.2, 0.25) is 11.8 Å². The van der Waals surface area contributed by atoms with Crippen LogP contribution < -0.4 is 4.90 Å². The molecule has 3 aliphatic heterocycles. The van der Waals surface area contributed by atoms with Gasteiger partial charge in [0, 0.05) is 38.8 Å². The van der Waals surface area contributed by atoms with Crippen LogP contribution in [0.1, 0.15) is 11.4 Å². The quantitative estimate of drug-likeness (QED) is 0.699. The maximum absolute atomic E-state index is 13.5. The van der Waals surface area contributed by atoms with Crippen molar-refractivity contribution in [1.82, 2.24) is 14.5 Å². The third kappa shape index (κ3) is 3.09. The molecule has 3 aliphatic rings. The summed E-state index contributed by atoms with van der Waals surface area (Å²) in [5.74, 6) is -0.465. The van der Waals surface area contributed by atoms with Gasteiger partial charge in [-0.1, -0.05) is 24.3 Å². The molecule has 1 aromatic heterocycles. The molecule has 8 nitrogen and oxygen atoms in total. The van der Waals surface area contributed by atoms with E-state index >= 15 is 0 Å². The average Bonchev–Trinajstić information content (AvgIpc) is 3.50. The lowest BCUT2D eigenvalue weighted by atomic mass is 9.76. The minimum absolute atomic E-state index is 0.0782. The topological polar surface area (TPSA) is 87.9 Å². The zero-order chi connectivity index (χ0) is 21.8. The first kappa shape index (κ1) is 20.0. The molecule has 2 amide bonds. The van der Waals surface area contributed by atoms with Crippen molar-refractivity contribution in [1.29, 1.82) is 0 Å². The molecule has 162 valence electrons. The third-order valence-corrected chi connectivity index (χ3v) is 6.71. The van der Waals surface area contributed by atoms with Gasteiger partial charge in [0.05, 0.1) is 31.0 Å². The van der Waals surface area contributed by atoms with Crippen molar-refractivity contribution >= 4 is 17.5 Å². The van der Waals surface area contributed by atoms with Gasteiger partial charge in [-0.15, -0.1) is 0 Å². The summed E-state index contributed by atoms with van der Waals surface area (Å²) >= 11 is 0. The number of aromatic nitrogens is 2. The van der Waals surface area contributed by atoms with Crippen molar-refractivity contribution in [2.75, 3.05) is 25.1 Å². The molecule has 4 heterocycles. The van der Waals surface area contributed by atoms with Crippen LogP contribution in [0, 0.1) is 11.8 Å². The molecule has 31 heavy (non-hydrogen) atoms. The highest BCUT2D eigenvalue weighted by Gasteiger charge is 2.67. The lowest BCUT2D eigenvalue weighted by Gasteiger charge is -2.27. The number of ether oxygens (including phenoxy) is 1. The second-order valence-corrected chi connectivity index (χ2v) is 8.61. The monoisotopic (exact) mass is 422 g/mol. The molecular weight excluding hydrogens is 396 g/mol. The summed E-state index contributed by atoms with van der Waals surface area (Å²) in [6, 6.07) is 7.62. The van der Waals surface area contributed by atoms with Crippen molar-refractivity contribution in [3.63, 3.8) is 0 Å². The van der Waals surface area contributed by atoms with Gasteiger partial charge in [0.15, 0.2) is 0 Å². The van der Waals surface area contributed by atoms with E-state index < -0.39 is 17.4 Å². The van der Waals surface area contributed by atoms with Crippen LogP contribution in [-0.2, 0) is 34.3 Å². The van der Waals surface area contributed by atoms with E-state index in [1.165, 1.54) is 0 Å². The van der Waals surface area contributed by atoms with E-state index in [0.717, 1.165) is 17.1 Å². The first-order chi connectivity index (χ1) is 14.9. The number of imidazole rings is 1. The van der Waals surface area contributed by atoms with Gasteiger partial charge in [-0.05, 0) is 24.1 Å². The fraction of sp³-hybridized carbons (Fsp3) is 0.435. The van der Waals surface area contributed by atoms with Gasteiger partial charge in [0.25, 0.3) is 0 Å². The summed E-state index contributed by atoms with van der Waals surface area (Å²) in [5.41, 5.74) is 1.04. The van der Waals surface area contributed by atoms with Crippen LogP contribution in [0.25, 0.3) is 0 Å². The van der Waals surface area contributed by atoms with E-state index in [1.54, 1.807) is 23.0 Å². The van der Waals surface area contributed by atoms with Crippen LogP contribution in [-0.4, -0.2) is 63.3 Å². The first-order valence-corrected chi connectivity index (χ1v) is 10.5. The molecule has 8 heteroatoms. The van der Waals surface area contributed by atoms with Gasteiger partial charge < -0.3 is 24.2 Å². The molecule has 2 aromatic rings. The minimum atomic E-state index is -0.754. The second-order valence-electron chi connectivity index (χ2n) is 8.61. The Labute approximate surface area is 180 Å². The van der Waals surface area contributed by atoms with E-state index in [1.807, 2.05) is 54.2 Å². The minimum Gasteiger partial charge on any atom is -0.396 e. The lowest BCUT2D eigenvalue weighted by Crippen LogP contribution is -2.44. The van der Waals surface area contributed by atoms with Gasteiger partial charge in [-0.2, -0.15) is 0 Å². The number of hydrogen-bond acceptors (Lipinski definition) is 5. The number of aryl methyl sites for hydroxylation is 1.